The van der Waals surface area contributed by atoms with Crippen molar-refractivity contribution in [3.8, 4) is 0 Å². The molecule has 1 aliphatic rings. The normalized spacial score (nSPS) is 21.1. The maximum absolute atomic E-state index is 10.0. The average Bonchev–Trinajstić information content (AvgIpc) is 2.15. The number of hydrogen-bond acceptors (Lipinski definition) is 2. The minimum Gasteiger partial charge on any atom is -0.478 e. The van der Waals surface area contributed by atoms with E-state index in [4.69, 9.17) is 5.11 Å². The van der Waals surface area contributed by atoms with E-state index in [1.165, 1.54) is 6.08 Å². The van der Waals surface area contributed by atoms with Crippen molar-refractivity contribution in [2.75, 3.05) is 5.75 Å². The van der Waals surface area contributed by atoms with E-state index in [2.05, 4.69) is 0 Å². The van der Waals surface area contributed by atoms with Crippen LogP contribution in [-0.4, -0.2) is 16.8 Å². The van der Waals surface area contributed by atoms with Gasteiger partial charge in [0.25, 0.3) is 0 Å². The maximum atomic E-state index is 10.0. The van der Waals surface area contributed by atoms with Crippen LogP contribution in [0.3, 0.4) is 0 Å². The van der Waals surface area contributed by atoms with Gasteiger partial charge in [-0.3, -0.25) is 0 Å². The smallest absolute Gasteiger partial charge is 0.328 e. The number of thioether (sulfide) groups is 1. The van der Waals surface area contributed by atoms with Crippen LogP contribution in [-0.2, 0) is 4.79 Å². The van der Waals surface area contributed by atoms with Gasteiger partial charge in [0.05, 0.1) is 0 Å². The van der Waals surface area contributed by atoms with Crippen LogP contribution in [0.25, 0.3) is 0 Å². The third kappa shape index (κ3) is 1.93. The van der Waals surface area contributed by atoms with Gasteiger partial charge in [0.1, 0.15) is 0 Å². The molecule has 1 N–H and O–H groups in total. The Balaban J connectivity index is 2.61. The van der Waals surface area contributed by atoms with Crippen molar-refractivity contribution >= 4 is 17.7 Å². The van der Waals surface area contributed by atoms with Gasteiger partial charge in [-0.1, -0.05) is 6.08 Å². The van der Waals surface area contributed by atoms with Crippen LogP contribution in [0.1, 0.15) is 0 Å². The number of allylic oxidation sites excluding steroid dienone is 1. The first-order valence-corrected chi connectivity index (χ1v) is 3.55. The third-order valence-corrected chi connectivity index (χ3v) is 1.77. The van der Waals surface area contributed by atoms with E-state index in [0.29, 0.717) is 0 Å². The summed E-state index contributed by atoms with van der Waals surface area (Å²) in [4.78, 5) is 10.0. The molecule has 0 radical (unpaired) electrons. The molecular formula is C6H6O2S. The highest BCUT2D eigenvalue weighted by Gasteiger charge is 2.00. The molecule has 2 nitrogen and oxygen atoms in total. The van der Waals surface area contributed by atoms with E-state index in [-0.39, 0.29) is 0 Å². The van der Waals surface area contributed by atoms with Crippen molar-refractivity contribution in [3.63, 3.8) is 0 Å². The molecule has 0 aromatic heterocycles. The number of aliphatic carboxylic acids is 1. The van der Waals surface area contributed by atoms with Gasteiger partial charge in [-0.05, 0) is 11.0 Å². The summed E-state index contributed by atoms with van der Waals surface area (Å²) in [6.45, 7) is 0. The van der Waals surface area contributed by atoms with Gasteiger partial charge in [0, 0.05) is 11.8 Å². The molecule has 1 aliphatic heterocycles. The van der Waals surface area contributed by atoms with Crippen LogP contribution < -0.4 is 0 Å². The van der Waals surface area contributed by atoms with Gasteiger partial charge >= 0.3 is 5.97 Å². The monoisotopic (exact) mass is 142 g/mol. The highest BCUT2D eigenvalue weighted by Crippen LogP contribution is 2.18. The van der Waals surface area contributed by atoms with Crippen LogP contribution in [0, 0.1) is 0 Å². The molecule has 0 unspecified atom stereocenters. The number of hydrogen-bond donors (Lipinski definition) is 1. The molecule has 9 heavy (non-hydrogen) atoms. The summed E-state index contributed by atoms with van der Waals surface area (Å²) in [7, 11) is 0. The molecular weight excluding hydrogens is 136 g/mol. The molecule has 0 saturated carbocycles. The van der Waals surface area contributed by atoms with E-state index >= 15 is 0 Å². The quantitative estimate of drug-likeness (QED) is 0.560. The minimum absolute atomic E-state index is 0.798. The lowest BCUT2D eigenvalue weighted by atomic mass is 10.3. The van der Waals surface area contributed by atoms with Crippen LogP contribution in [0.2, 0.25) is 0 Å². The summed E-state index contributed by atoms with van der Waals surface area (Å²) in [6, 6.07) is 0. The summed E-state index contributed by atoms with van der Waals surface area (Å²) >= 11 is 1.61. The lowest BCUT2D eigenvalue weighted by molar-refractivity contribution is -0.131. The fourth-order valence-electron chi connectivity index (χ4n) is 0.576. The van der Waals surface area contributed by atoms with Gasteiger partial charge in [0.15, 0.2) is 0 Å². The highest BCUT2D eigenvalue weighted by molar-refractivity contribution is 8.02. The van der Waals surface area contributed by atoms with Crippen LogP contribution >= 0.6 is 11.8 Å². The molecule has 0 aromatic rings. The first-order valence-electron chi connectivity index (χ1n) is 2.51. The van der Waals surface area contributed by atoms with Gasteiger partial charge in [0.2, 0.25) is 0 Å². The Labute approximate surface area is 57.3 Å². The largest absolute Gasteiger partial charge is 0.478 e. The van der Waals surface area contributed by atoms with Crippen LogP contribution in [0.15, 0.2) is 23.1 Å². The Morgan fingerprint density at radius 1 is 1.89 bits per heavy atom. The number of carboxylic acids is 1. The molecule has 1 heterocycles. The third-order valence-electron chi connectivity index (χ3n) is 0.937. The predicted octanol–water partition coefficient (Wildman–Crippen LogP) is 1.26. The van der Waals surface area contributed by atoms with E-state index in [1.807, 2.05) is 11.5 Å². The average molecular weight is 142 g/mol. The lowest BCUT2D eigenvalue weighted by Crippen LogP contribution is -1.89. The highest BCUT2D eigenvalue weighted by atomic mass is 32.2. The van der Waals surface area contributed by atoms with Crippen molar-refractivity contribution < 1.29 is 9.90 Å². The summed E-state index contributed by atoms with van der Waals surface area (Å²) in [5, 5.41) is 10.2. The van der Waals surface area contributed by atoms with Crippen LogP contribution in [0.5, 0.6) is 0 Å². The van der Waals surface area contributed by atoms with Crippen molar-refractivity contribution in [3.05, 3.63) is 23.1 Å². The number of carbonyl (C=O) groups is 1. The molecule has 1 rings (SSSR count). The zero-order chi connectivity index (χ0) is 6.69. The van der Waals surface area contributed by atoms with E-state index in [1.54, 1.807) is 11.8 Å². The second kappa shape index (κ2) is 2.73. The fourth-order valence-corrected chi connectivity index (χ4v) is 1.32. The molecule has 3 heteroatoms. The zero-order valence-electron chi connectivity index (χ0n) is 4.70. The van der Waals surface area contributed by atoms with Gasteiger partial charge < -0.3 is 5.11 Å². The second-order valence-corrected chi connectivity index (χ2v) is 2.57. The number of rotatable bonds is 1. The summed E-state index contributed by atoms with van der Waals surface area (Å²) in [6.07, 6.45) is 3.05. The van der Waals surface area contributed by atoms with Crippen LogP contribution in [0.4, 0.5) is 0 Å². The topological polar surface area (TPSA) is 37.3 Å². The first kappa shape index (κ1) is 6.42. The molecule has 0 aromatic carbocycles. The van der Waals surface area contributed by atoms with Crippen molar-refractivity contribution in [2.45, 2.75) is 0 Å². The first-order chi connectivity index (χ1) is 4.29. The maximum Gasteiger partial charge on any atom is 0.328 e. The fraction of sp³-hybridized carbons (Fsp3) is 0.167. The van der Waals surface area contributed by atoms with Crippen molar-refractivity contribution in [1.82, 2.24) is 0 Å². The van der Waals surface area contributed by atoms with Gasteiger partial charge in [-0.25, -0.2) is 4.79 Å². The van der Waals surface area contributed by atoms with E-state index < -0.39 is 5.97 Å². The molecule has 0 bridgehead atoms. The SMILES string of the molecule is O=C(O)C=C1C=CSC1. The molecule has 0 fully saturated rings. The Hall–Kier alpha value is -0.700. The van der Waals surface area contributed by atoms with E-state index in [9.17, 15) is 4.79 Å². The van der Waals surface area contributed by atoms with E-state index in [0.717, 1.165) is 11.3 Å². The summed E-state index contributed by atoms with van der Waals surface area (Å²) in [5.41, 5.74) is 0.882. The Morgan fingerprint density at radius 2 is 2.67 bits per heavy atom. The minimum atomic E-state index is -0.864. The molecule has 0 spiro atoms. The summed E-state index contributed by atoms with van der Waals surface area (Å²) in [5.74, 6) is -0.0658. The molecule has 48 valence electrons. The molecule has 0 atom stereocenters. The second-order valence-electron chi connectivity index (χ2n) is 1.67. The zero-order valence-corrected chi connectivity index (χ0v) is 5.52. The number of carboxylic acid groups (broad SMARTS) is 1. The molecule has 0 amide bonds. The Kier molecular flexibility index (Phi) is 1.95. The Bertz CT molecular complexity index is 181. The molecule has 0 aliphatic carbocycles. The lowest BCUT2D eigenvalue weighted by Gasteiger charge is -1.85. The standard InChI is InChI=1S/C6H6O2S/c7-6(8)3-5-1-2-9-4-5/h1-3H,4H2,(H,7,8). The summed E-state index contributed by atoms with van der Waals surface area (Å²) < 4.78 is 0. The predicted molar refractivity (Wildman–Crippen MR) is 37.3 cm³/mol. The van der Waals surface area contributed by atoms with Gasteiger partial charge in [-0.2, -0.15) is 0 Å². The van der Waals surface area contributed by atoms with Crippen molar-refractivity contribution in [2.24, 2.45) is 0 Å². The van der Waals surface area contributed by atoms with Gasteiger partial charge in [-0.15, -0.1) is 11.8 Å². The Morgan fingerprint density at radius 3 is 3.11 bits per heavy atom. The molecule has 0 saturated heterocycles. The van der Waals surface area contributed by atoms with Crippen molar-refractivity contribution in [1.29, 1.82) is 0 Å².